The number of hydrogen-bond donors (Lipinski definition) is 2. The average molecular weight is 286 g/mol. The number of rotatable bonds is 5. The third-order valence-electron chi connectivity index (χ3n) is 3.47. The van der Waals surface area contributed by atoms with Gasteiger partial charge < -0.3 is 11.1 Å². The highest BCUT2D eigenvalue weighted by Gasteiger charge is 2.13. The van der Waals surface area contributed by atoms with Crippen molar-refractivity contribution in [3.63, 3.8) is 0 Å². The van der Waals surface area contributed by atoms with E-state index < -0.39 is 11.7 Å². The average Bonchev–Trinajstić information content (AvgIpc) is 2.47. The first-order valence-corrected chi connectivity index (χ1v) is 6.93. The summed E-state index contributed by atoms with van der Waals surface area (Å²) in [4.78, 5) is 11.2. The van der Waals surface area contributed by atoms with Crippen LogP contribution in [0.15, 0.2) is 42.5 Å². The summed E-state index contributed by atoms with van der Waals surface area (Å²) in [5.41, 5.74) is 8.07. The smallest absolute Gasteiger partial charge is 0.248 e. The van der Waals surface area contributed by atoms with Crippen LogP contribution in [0.3, 0.4) is 0 Å². The topological polar surface area (TPSA) is 55.1 Å². The zero-order valence-electron chi connectivity index (χ0n) is 12.2. The molecule has 0 spiro atoms. The van der Waals surface area contributed by atoms with Crippen LogP contribution in [0.2, 0.25) is 0 Å². The van der Waals surface area contributed by atoms with Gasteiger partial charge in [0.25, 0.3) is 0 Å². The first kappa shape index (κ1) is 15.0. The summed E-state index contributed by atoms with van der Waals surface area (Å²) in [5.74, 6) is -0.966. The van der Waals surface area contributed by atoms with Crippen molar-refractivity contribution in [3.05, 3.63) is 65.0 Å². The van der Waals surface area contributed by atoms with Gasteiger partial charge in [-0.15, -0.1) is 0 Å². The van der Waals surface area contributed by atoms with Crippen LogP contribution in [0.4, 0.5) is 10.1 Å². The second-order valence-electron chi connectivity index (χ2n) is 5.07. The van der Waals surface area contributed by atoms with Crippen molar-refractivity contribution in [2.24, 2.45) is 5.73 Å². The largest absolute Gasteiger partial charge is 0.376 e. The van der Waals surface area contributed by atoms with Crippen LogP contribution < -0.4 is 11.1 Å². The van der Waals surface area contributed by atoms with Gasteiger partial charge in [0.05, 0.1) is 11.7 Å². The van der Waals surface area contributed by atoms with Gasteiger partial charge in [0.1, 0.15) is 5.82 Å². The van der Waals surface area contributed by atoms with Gasteiger partial charge in [-0.1, -0.05) is 36.8 Å². The van der Waals surface area contributed by atoms with Crippen LogP contribution in [-0.4, -0.2) is 5.91 Å². The molecule has 0 saturated carbocycles. The Hall–Kier alpha value is -2.36. The van der Waals surface area contributed by atoms with Gasteiger partial charge in [-0.05, 0) is 37.1 Å². The summed E-state index contributed by atoms with van der Waals surface area (Å²) in [6.45, 7) is 4.04. The fraction of sp³-hybridized carbons (Fsp3) is 0.235. The highest BCUT2D eigenvalue weighted by Crippen LogP contribution is 2.25. The zero-order valence-corrected chi connectivity index (χ0v) is 12.2. The molecule has 0 radical (unpaired) electrons. The highest BCUT2D eigenvalue weighted by molar-refractivity contribution is 5.93. The second-order valence-corrected chi connectivity index (χ2v) is 5.07. The first-order chi connectivity index (χ1) is 10.0. The van der Waals surface area contributed by atoms with Gasteiger partial charge in [0.15, 0.2) is 0 Å². The molecule has 1 atom stereocenters. The molecule has 0 heterocycles. The standard InChI is InChI=1S/C17H19FN2O/c1-3-15(12-6-4-11(2)5-7-12)20-16-10-13(17(19)21)8-9-14(16)18/h4-10,15,20H,3H2,1-2H3,(H2,19,21). The highest BCUT2D eigenvalue weighted by atomic mass is 19.1. The SMILES string of the molecule is CCC(Nc1cc(C(N)=O)ccc1F)c1ccc(C)cc1. The van der Waals surface area contributed by atoms with E-state index in [-0.39, 0.29) is 11.6 Å². The van der Waals surface area contributed by atoms with Gasteiger partial charge in [-0.25, -0.2) is 4.39 Å². The van der Waals surface area contributed by atoms with Gasteiger partial charge in [0.2, 0.25) is 5.91 Å². The van der Waals surface area contributed by atoms with Crippen LogP contribution in [0.5, 0.6) is 0 Å². The predicted octanol–water partition coefficient (Wildman–Crippen LogP) is 3.80. The monoisotopic (exact) mass is 286 g/mol. The number of benzene rings is 2. The van der Waals surface area contributed by atoms with E-state index in [1.165, 1.54) is 23.8 Å². The molecule has 0 bridgehead atoms. The molecule has 21 heavy (non-hydrogen) atoms. The molecule has 3 N–H and O–H groups in total. The normalized spacial score (nSPS) is 12.0. The molecule has 0 aliphatic carbocycles. The molecule has 1 unspecified atom stereocenters. The van der Waals surface area contributed by atoms with Crippen LogP contribution in [0.1, 0.15) is 40.9 Å². The van der Waals surface area contributed by atoms with Crippen LogP contribution >= 0.6 is 0 Å². The van der Waals surface area contributed by atoms with Gasteiger partial charge in [0, 0.05) is 5.56 Å². The minimum absolute atomic E-state index is 0.0248. The maximum Gasteiger partial charge on any atom is 0.248 e. The summed E-state index contributed by atoms with van der Waals surface area (Å²) >= 11 is 0. The lowest BCUT2D eigenvalue weighted by atomic mass is 10.0. The van der Waals surface area contributed by atoms with Crippen molar-refractivity contribution < 1.29 is 9.18 Å². The maximum atomic E-state index is 13.9. The van der Waals surface area contributed by atoms with Crippen molar-refractivity contribution in [1.82, 2.24) is 0 Å². The van der Waals surface area contributed by atoms with Gasteiger partial charge in [-0.2, -0.15) is 0 Å². The molecule has 0 fully saturated rings. The Bertz CT molecular complexity index is 638. The third-order valence-corrected chi connectivity index (χ3v) is 3.47. The van der Waals surface area contributed by atoms with E-state index in [2.05, 4.69) is 5.32 Å². The summed E-state index contributed by atoms with van der Waals surface area (Å²) in [5, 5.41) is 3.15. The number of nitrogens with two attached hydrogens (primary N) is 1. The summed E-state index contributed by atoms with van der Waals surface area (Å²) < 4.78 is 13.9. The zero-order chi connectivity index (χ0) is 15.4. The molecule has 0 saturated heterocycles. The van der Waals surface area contributed by atoms with E-state index in [1.54, 1.807) is 0 Å². The lowest BCUT2D eigenvalue weighted by Gasteiger charge is -2.20. The Morgan fingerprint density at radius 2 is 1.90 bits per heavy atom. The predicted molar refractivity (Wildman–Crippen MR) is 82.8 cm³/mol. The number of anilines is 1. The van der Waals surface area contributed by atoms with Crippen molar-refractivity contribution in [2.75, 3.05) is 5.32 Å². The van der Waals surface area contributed by atoms with Crippen molar-refractivity contribution in [3.8, 4) is 0 Å². The molecule has 2 aromatic rings. The van der Waals surface area contributed by atoms with Crippen LogP contribution in [-0.2, 0) is 0 Å². The van der Waals surface area contributed by atoms with E-state index >= 15 is 0 Å². The minimum atomic E-state index is -0.568. The van der Waals surface area contributed by atoms with E-state index in [0.29, 0.717) is 5.69 Å². The Labute approximate surface area is 124 Å². The Morgan fingerprint density at radius 3 is 2.48 bits per heavy atom. The van der Waals surface area contributed by atoms with Crippen molar-refractivity contribution >= 4 is 11.6 Å². The molecule has 0 aromatic heterocycles. The number of carbonyl (C=O) groups excluding carboxylic acids is 1. The van der Waals surface area contributed by atoms with E-state index in [4.69, 9.17) is 5.73 Å². The molecule has 1 amide bonds. The minimum Gasteiger partial charge on any atom is -0.376 e. The van der Waals surface area contributed by atoms with Crippen molar-refractivity contribution in [1.29, 1.82) is 0 Å². The summed E-state index contributed by atoms with van der Waals surface area (Å²) in [6.07, 6.45) is 0.795. The molecule has 110 valence electrons. The Kier molecular flexibility index (Phi) is 4.58. The van der Waals surface area contributed by atoms with E-state index in [9.17, 15) is 9.18 Å². The van der Waals surface area contributed by atoms with E-state index in [1.807, 2.05) is 38.1 Å². The molecule has 0 aliphatic heterocycles. The number of amides is 1. The molecule has 2 rings (SSSR count). The van der Waals surface area contributed by atoms with Crippen LogP contribution in [0.25, 0.3) is 0 Å². The number of primary amides is 1. The summed E-state index contributed by atoms with van der Waals surface area (Å²) in [7, 11) is 0. The number of nitrogens with one attached hydrogen (secondary N) is 1. The molecule has 2 aromatic carbocycles. The number of carbonyl (C=O) groups is 1. The first-order valence-electron chi connectivity index (χ1n) is 6.93. The third kappa shape index (κ3) is 3.60. The van der Waals surface area contributed by atoms with E-state index in [0.717, 1.165) is 12.0 Å². The number of aryl methyl sites for hydroxylation is 1. The molecular formula is C17H19FN2O. The number of hydrogen-bond acceptors (Lipinski definition) is 2. The molecule has 3 nitrogen and oxygen atoms in total. The number of halogens is 1. The lowest BCUT2D eigenvalue weighted by molar-refractivity contribution is 0.100. The summed E-state index contributed by atoms with van der Waals surface area (Å²) in [6, 6.07) is 12.2. The Morgan fingerprint density at radius 1 is 1.24 bits per heavy atom. The van der Waals surface area contributed by atoms with Gasteiger partial charge in [-0.3, -0.25) is 4.79 Å². The van der Waals surface area contributed by atoms with Crippen LogP contribution in [0, 0.1) is 12.7 Å². The lowest BCUT2D eigenvalue weighted by Crippen LogP contribution is -2.14. The fourth-order valence-electron chi connectivity index (χ4n) is 2.20. The Balaban J connectivity index is 2.28. The fourth-order valence-corrected chi connectivity index (χ4v) is 2.20. The quantitative estimate of drug-likeness (QED) is 0.878. The maximum absolute atomic E-state index is 13.9. The molecular weight excluding hydrogens is 267 g/mol. The van der Waals surface area contributed by atoms with Gasteiger partial charge >= 0.3 is 0 Å². The molecule has 0 aliphatic rings. The second kappa shape index (κ2) is 6.39. The van der Waals surface area contributed by atoms with Crippen molar-refractivity contribution in [2.45, 2.75) is 26.3 Å². The molecule has 4 heteroatoms.